The Morgan fingerprint density at radius 3 is 2.60 bits per heavy atom. The fraction of sp³-hybridized carbons (Fsp3) is 0.600. The molecule has 0 radical (unpaired) electrons. The number of hydrogen-bond acceptors (Lipinski definition) is 4. The summed E-state index contributed by atoms with van der Waals surface area (Å²) >= 11 is 0. The van der Waals surface area contributed by atoms with Gasteiger partial charge in [0, 0.05) is 37.4 Å². The molecular weight excluding hydrogens is 252 g/mol. The lowest BCUT2D eigenvalue weighted by atomic mass is 10.2. The predicted octanol–water partition coefficient (Wildman–Crippen LogP) is 1.54. The standard InChI is InChI=1S/C15H26N4O/c1-11(2)17-9-13-7-6-8-16-15(13)19(5)10-14(20)18-12(3)4/h6-8,11-12,17H,9-10H2,1-5H3,(H,18,20). The highest BCUT2D eigenvalue weighted by Crippen LogP contribution is 2.15. The first-order chi connectivity index (χ1) is 9.40. The van der Waals surface area contributed by atoms with Gasteiger partial charge in [0.25, 0.3) is 0 Å². The number of likely N-dealkylation sites (N-methyl/N-ethyl adjacent to an activating group) is 1. The van der Waals surface area contributed by atoms with Crippen LogP contribution in [0.3, 0.4) is 0 Å². The number of anilines is 1. The molecule has 0 bridgehead atoms. The summed E-state index contributed by atoms with van der Waals surface area (Å²) in [6.45, 7) is 9.18. The predicted molar refractivity (Wildman–Crippen MR) is 82.8 cm³/mol. The molecule has 1 amide bonds. The van der Waals surface area contributed by atoms with Gasteiger partial charge in [0.2, 0.25) is 5.91 Å². The van der Waals surface area contributed by atoms with E-state index in [1.165, 1.54) is 0 Å². The summed E-state index contributed by atoms with van der Waals surface area (Å²) < 4.78 is 0. The van der Waals surface area contributed by atoms with Gasteiger partial charge in [-0.15, -0.1) is 0 Å². The molecule has 0 aliphatic carbocycles. The van der Waals surface area contributed by atoms with Gasteiger partial charge in [-0.1, -0.05) is 19.9 Å². The Balaban J connectivity index is 2.71. The Labute approximate surface area is 121 Å². The normalized spacial score (nSPS) is 10.9. The van der Waals surface area contributed by atoms with E-state index in [0.717, 1.165) is 17.9 Å². The summed E-state index contributed by atoms with van der Waals surface area (Å²) in [5.74, 6) is 0.857. The third-order valence-corrected chi connectivity index (χ3v) is 2.76. The second-order valence-corrected chi connectivity index (χ2v) is 5.60. The van der Waals surface area contributed by atoms with Crippen LogP contribution in [0.25, 0.3) is 0 Å². The molecule has 0 spiro atoms. The molecule has 0 unspecified atom stereocenters. The van der Waals surface area contributed by atoms with Crippen molar-refractivity contribution < 1.29 is 4.79 Å². The average molecular weight is 278 g/mol. The van der Waals surface area contributed by atoms with Crippen molar-refractivity contribution in [1.82, 2.24) is 15.6 Å². The first-order valence-electron chi connectivity index (χ1n) is 7.08. The van der Waals surface area contributed by atoms with E-state index in [-0.39, 0.29) is 11.9 Å². The highest BCUT2D eigenvalue weighted by molar-refractivity contribution is 5.81. The molecular formula is C15H26N4O. The fourth-order valence-electron chi connectivity index (χ4n) is 1.88. The van der Waals surface area contributed by atoms with E-state index in [2.05, 4.69) is 29.5 Å². The number of pyridine rings is 1. The topological polar surface area (TPSA) is 57.3 Å². The summed E-state index contributed by atoms with van der Waals surface area (Å²) in [5.41, 5.74) is 1.10. The van der Waals surface area contributed by atoms with Gasteiger partial charge in [0.15, 0.2) is 0 Å². The van der Waals surface area contributed by atoms with Crippen molar-refractivity contribution in [3.8, 4) is 0 Å². The number of amides is 1. The van der Waals surface area contributed by atoms with Gasteiger partial charge in [-0.3, -0.25) is 4.79 Å². The van der Waals surface area contributed by atoms with Crippen LogP contribution in [0.15, 0.2) is 18.3 Å². The van der Waals surface area contributed by atoms with Crippen LogP contribution in [0.5, 0.6) is 0 Å². The smallest absolute Gasteiger partial charge is 0.239 e. The van der Waals surface area contributed by atoms with Crippen LogP contribution in [0.2, 0.25) is 0 Å². The lowest BCUT2D eigenvalue weighted by Crippen LogP contribution is -2.39. The molecule has 0 aliphatic heterocycles. The number of carbonyl (C=O) groups is 1. The SMILES string of the molecule is CC(C)NCc1cccnc1N(C)CC(=O)NC(C)C. The molecule has 1 heterocycles. The van der Waals surface area contributed by atoms with Gasteiger partial charge >= 0.3 is 0 Å². The Hall–Kier alpha value is -1.62. The van der Waals surface area contributed by atoms with E-state index >= 15 is 0 Å². The largest absolute Gasteiger partial charge is 0.352 e. The molecule has 1 aromatic heterocycles. The maximum atomic E-state index is 11.8. The molecule has 5 nitrogen and oxygen atoms in total. The number of hydrogen-bond donors (Lipinski definition) is 2. The van der Waals surface area contributed by atoms with Gasteiger partial charge in [-0.2, -0.15) is 0 Å². The summed E-state index contributed by atoms with van der Waals surface area (Å²) in [5, 5.41) is 6.26. The lowest BCUT2D eigenvalue weighted by Gasteiger charge is -2.22. The van der Waals surface area contributed by atoms with E-state index in [1.807, 2.05) is 37.9 Å². The average Bonchev–Trinajstić information content (AvgIpc) is 2.35. The molecule has 1 rings (SSSR count). The zero-order valence-electron chi connectivity index (χ0n) is 13.1. The van der Waals surface area contributed by atoms with Crippen LogP contribution in [0.4, 0.5) is 5.82 Å². The van der Waals surface area contributed by atoms with E-state index in [1.54, 1.807) is 6.20 Å². The third kappa shape index (κ3) is 5.57. The number of nitrogens with one attached hydrogen (secondary N) is 2. The van der Waals surface area contributed by atoms with E-state index in [4.69, 9.17) is 0 Å². The molecule has 2 N–H and O–H groups in total. The maximum absolute atomic E-state index is 11.8. The van der Waals surface area contributed by atoms with Gasteiger partial charge in [-0.05, 0) is 19.9 Å². The van der Waals surface area contributed by atoms with Crippen molar-refractivity contribution >= 4 is 11.7 Å². The molecule has 0 atom stereocenters. The van der Waals surface area contributed by atoms with Crippen molar-refractivity contribution in [3.05, 3.63) is 23.9 Å². The number of rotatable bonds is 7. The van der Waals surface area contributed by atoms with Crippen molar-refractivity contribution in [3.63, 3.8) is 0 Å². The van der Waals surface area contributed by atoms with Crippen molar-refractivity contribution in [1.29, 1.82) is 0 Å². The van der Waals surface area contributed by atoms with Crippen LogP contribution < -0.4 is 15.5 Å². The fourth-order valence-corrected chi connectivity index (χ4v) is 1.88. The van der Waals surface area contributed by atoms with Crippen LogP contribution >= 0.6 is 0 Å². The highest BCUT2D eigenvalue weighted by atomic mass is 16.2. The highest BCUT2D eigenvalue weighted by Gasteiger charge is 2.12. The Bertz CT molecular complexity index is 432. The summed E-state index contributed by atoms with van der Waals surface area (Å²) in [6.07, 6.45) is 1.76. The van der Waals surface area contributed by atoms with E-state index < -0.39 is 0 Å². The molecule has 0 aliphatic rings. The minimum Gasteiger partial charge on any atom is -0.352 e. The molecule has 0 saturated carbocycles. The van der Waals surface area contributed by atoms with Crippen LogP contribution in [-0.2, 0) is 11.3 Å². The first-order valence-corrected chi connectivity index (χ1v) is 7.08. The molecule has 20 heavy (non-hydrogen) atoms. The minimum absolute atomic E-state index is 0.0101. The van der Waals surface area contributed by atoms with Crippen LogP contribution in [0, 0.1) is 0 Å². The number of carbonyl (C=O) groups excluding carboxylic acids is 1. The van der Waals surface area contributed by atoms with Gasteiger partial charge in [0.1, 0.15) is 5.82 Å². The molecule has 0 fully saturated rings. The first kappa shape index (κ1) is 16.4. The zero-order valence-corrected chi connectivity index (χ0v) is 13.1. The van der Waals surface area contributed by atoms with E-state index in [0.29, 0.717) is 12.6 Å². The second-order valence-electron chi connectivity index (χ2n) is 5.60. The third-order valence-electron chi connectivity index (χ3n) is 2.76. The monoisotopic (exact) mass is 278 g/mol. The van der Waals surface area contributed by atoms with Gasteiger partial charge in [0.05, 0.1) is 6.54 Å². The minimum atomic E-state index is 0.0101. The maximum Gasteiger partial charge on any atom is 0.239 e. The second kappa shape index (κ2) is 7.85. The molecule has 5 heteroatoms. The summed E-state index contributed by atoms with van der Waals surface area (Å²) in [4.78, 5) is 18.1. The quantitative estimate of drug-likeness (QED) is 0.794. The van der Waals surface area contributed by atoms with E-state index in [9.17, 15) is 4.79 Å². The van der Waals surface area contributed by atoms with Gasteiger partial charge < -0.3 is 15.5 Å². The summed E-state index contributed by atoms with van der Waals surface area (Å²) in [6, 6.07) is 4.52. The van der Waals surface area contributed by atoms with Crippen molar-refractivity contribution in [2.45, 2.75) is 46.3 Å². The molecule has 112 valence electrons. The molecule has 0 saturated heterocycles. The number of aromatic nitrogens is 1. The number of nitrogens with zero attached hydrogens (tertiary/aromatic N) is 2. The van der Waals surface area contributed by atoms with Crippen molar-refractivity contribution in [2.75, 3.05) is 18.5 Å². The van der Waals surface area contributed by atoms with Gasteiger partial charge in [-0.25, -0.2) is 4.98 Å². The Morgan fingerprint density at radius 1 is 1.30 bits per heavy atom. The zero-order chi connectivity index (χ0) is 15.1. The molecule has 0 aromatic carbocycles. The lowest BCUT2D eigenvalue weighted by molar-refractivity contribution is -0.120. The Kier molecular flexibility index (Phi) is 6.45. The van der Waals surface area contributed by atoms with Crippen molar-refractivity contribution in [2.24, 2.45) is 0 Å². The summed E-state index contributed by atoms with van der Waals surface area (Å²) in [7, 11) is 1.89. The van der Waals surface area contributed by atoms with Crippen LogP contribution in [-0.4, -0.2) is 36.6 Å². The Morgan fingerprint density at radius 2 is 2.00 bits per heavy atom. The van der Waals surface area contributed by atoms with Crippen LogP contribution in [0.1, 0.15) is 33.3 Å². The molecule has 1 aromatic rings.